The molecule has 0 unspecified atom stereocenters. The van der Waals surface area contributed by atoms with Crippen molar-refractivity contribution in [2.75, 3.05) is 5.32 Å². The third-order valence-electron chi connectivity index (χ3n) is 3.06. The van der Waals surface area contributed by atoms with Crippen molar-refractivity contribution in [3.63, 3.8) is 0 Å². The average Bonchev–Trinajstić information content (AvgIpc) is 2.48. The molecular weight excluding hydrogens is 416 g/mol. The van der Waals surface area contributed by atoms with Crippen LogP contribution in [0, 0.1) is 6.92 Å². The van der Waals surface area contributed by atoms with Gasteiger partial charge in [0.1, 0.15) is 0 Å². The maximum Gasteiger partial charge on any atom is 0.337 e. The predicted octanol–water partition coefficient (Wildman–Crippen LogP) is 4.24. The van der Waals surface area contributed by atoms with E-state index in [0.717, 1.165) is 5.56 Å². The fourth-order valence-corrected chi connectivity index (χ4v) is 2.82. The number of rotatable bonds is 3. The van der Waals surface area contributed by atoms with E-state index in [1.54, 1.807) is 30.3 Å². The van der Waals surface area contributed by atoms with Crippen molar-refractivity contribution in [3.05, 3.63) is 62.6 Å². The summed E-state index contributed by atoms with van der Waals surface area (Å²) in [7, 11) is 0. The molecule has 124 valence electrons. The van der Waals surface area contributed by atoms with Crippen LogP contribution in [-0.4, -0.2) is 22.1 Å². The highest BCUT2D eigenvalue weighted by molar-refractivity contribution is 9.10. The number of anilines is 1. The molecule has 0 atom stereocenters. The first-order chi connectivity index (χ1) is 11.3. The predicted molar refractivity (Wildman–Crippen MR) is 101 cm³/mol. The molecule has 5 nitrogen and oxygen atoms in total. The number of hydrogen-bond donors (Lipinski definition) is 3. The fourth-order valence-electron chi connectivity index (χ4n) is 1.93. The Morgan fingerprint density at radius 2 is 1.88 bits per heavy atom. The van der Waals surface area contributed by atoms with Crippen molar-refractivity contribution in [2.24, 2.45) is 0 Å². The van der Waals surface area contributed by atoms with Gasteiger partial charge in [-0.05, 0) is 55.0 Å². The Balaban J connectivity index is 2.14. The van der Waals surface area contributed by atoms with Gasteiger partial charge in [-0.25, -0.2) is 4.79 Å². The molecule has 0 fully saturated rings. The van der Waals surface area contributed by atoms with E-state index in [2.05, 4.69) is 26.6 Å². The Bertz CT molecular complexity index is 842. The standard InChI is InChI=1S/C16H12BrClN2O3S/c1-8-2-4-10(12(18)6-8)14(21)20-16(24)19-13-5-3-9(17)7-11(13)15(22)23/h2-7H,1H3,(H,22,23)(H2,19,20,21,24). The molecule has 0 radical (unpaired) electrons. The second-order valence-electron chi connectivity index (χ2n) is 4.89. The van der Waals surface area contributed by atoms with Gasteiger partial charge < -0.3 is 10.4 Å². The Hall–Kier alpha value is -1.96. The van der Waals surface area contributed by atoms with E-state index in [0.29, 0.717) is 9.50 Å². The first-order valence-electron chi connectivity index (χ1n) is 6.69. The van der Waals surface area contributed by atoms with E-state index < -0.39 is 11.9 Å². The zero-order valence-electron chi connectivity index (χ0n) is 12.4. The van der Waals surface area contributed by atoms with Gasteiger partial charge >= 0.3 is 5.97 Å². The number of amides is 1. The summed E-state index contributed by atoms with van der Waals surface area (Å²) in [6.07, 6.45) is 0. The Morgan fingerprint density at radius 1 is 1.17 bits per heavy atom. The second kappa shape index (κ2) is 7.74. The van der Waals surface area contributed by atoms with Crippen LogP contribution in [-0.2, 0) is 0 Å². The highest BCUT2D eigenvalue weighted by atomic mass is 79.9. The van der Waals surface area contributed by atoms with Gasteiger partial charge in [0.2, 0.25) is 0 Å². The molecule has 0 saturated carbocycles. The van der Waals surface area contributed by atoms with Crippen molar-refractivity contribution in [1.82, 2.24) is 5.32 Å². The summed E-state index contributed by atoms with van der Waals surface area (Å²) >= 11 is 14.3. The van der Waals surface area contributed by atoms with E-state index in [1.165, 1.54) is 6.07 Å². The van der Waals surface area contributed by atoms with Crippen LogP contribution in [0.25, 0.3) is 0 Å². The highest BCUT2D eigenvalue weighted by Crippen LogP contribution is 2.21. The monoisotopic (exact) mass is 426 g/mol. The van der Waals surface area contributed by atoms with Gasteiger partial charge in [0.05, 0.1) is 21.8 Å². The third kappa shape index (κ3) is 4.53. The first-order valence-corrected chi connectivity index (χ1v) is 8.27. The molecule has 1 amide bonds. The topological polar surface area (TPSA) is 78.4 Å². The molecule has 0 aliphatic rings. The zero-order valence-corrected chi connectivity index (χ0v) is 15.6. The van der Waals surface area contributed by atoms with E-state index >= 15 is 0 Å². The number of aryl methyl sites for hydroxylation is 1. The zero-order chi connectivity index (χ0) is 17.9. The minimum atomic E-state index is -1.12. The molecule has 24 heavy (non-hydrogen) atoms. The lowest BCUT2D eigenvalue weighted by Gasteiger charge is -2.12. The summed E-state index contributed by atoms with van der Waals surface area (Å²) in [6, 6.07) is 9.67. The molecule has 3 N–H and O–H groups in total. The minimum Gasteiger partial charge on any atom is -0.478 e. The third-order valence-corrected chi connectivity index (χ3v) is 4.07. The lowest BCUT2D eigenvalue weighted by atomic mass is 10.1. The van der Waals surface area contributed by atoms with Crippen molar-refractivity contribution in [1.29, 1.82) is 0 Å². The maximum atomic E-state index is 12.2. The number of carbonyl (C=O) groups is 2. The van der Waals surface area contributed by atoms with E-state index in [-0.39, 0.29) is 21.9 Å². The van der Waals surface area contributed by atoms with Crippen molar-refractivity contribution in [3.8, 4) is 0 Å². The molecule has 0 aliphatic carbocycles. The maximum absolute atomic E-state index is 12.2. The van der Waals surface area contributed by atoms with Gasteiger partial charge in [0.25, 0.3) is 5.91 Å². The largest absolute Gasteiger partial charge is 0.478 e. The number of aromatic carboxylic acids is 1. The summed E-state index contributed by atoms with van der Waals surface area (Å²) in [5, 5.41) is 14.7. The smallest absolute Gasteiger partial charge is 0.337 e. The summed E-state index contributed by atoms with van der Waals surface area (Å²) in [4.78, 5) is 23.5. The van der Waals surface area contributed by atoms with Crippen LogP contribution in [0.3, 0.4) is 0 Å². The Morgan fingerprint density at radius 3 is 2.50 bits per heavy atom. The van der Waals surface area contributed by atoms with Gasteiger partial charge in [0.15, 0.2) is 5.11 Å². The molecular formula is C16H12BrClN2O3S. The van der Waals surface area contributed by atoms with E-state index in [9.17, 15) is 14.7 Å². The average molecular weight is 428 g/mol. The summed E-state index contributed by atoms with van der Waals surface area (Å²) in [6.45, 7) is 1.86. The van der Waals surface area contributed by atoms with Crippen molar-refractivity contribution >= 4 is 62.4 Å². The van der Waals surface area contributed by atoms with Crippen LogP contribution in [0.4, 0.5) is 5.69 Å². The fraction of sp³-hybridized carbons (Fsp3) is 0.0625. The SMILES string of the molecule is Cc1ccc(C(=O)NC(=S)Nc2ccc(Br)cc2C(=O)O)c(Cl)c1. The summed E-state index contributed by atoms with van der Waals surface area (Å²) < 4.78 is 0.617. The van der Waals surface area contributed by atoms with Crippen LogP contribution in [0.2, 0.25) is 5.02 Å². The number of carboxylic acid groups (broad SMARTS) is 1. The summed E-state index contributed by atoms with van der Waals surface area (Å²) in [5.41, 5.74) is 1.50. The van der Waals surface area contributed by atoms with Gasteiger partial charge in [-0.15, -0.1) is 0 Å². The van der Waals surface area contributed by atoms with E-state index in [1.807, 2.05) is 6.92 Å². The highest BCUT2D eigenvalue weighted by Gasteiger charge is 2.15. The van der Waals surface area contributed by atoms with Gasteiger partial charge in [0, 0.05) is 4.47 Å². The molecule has 0 aliphatic heterocycles. The number of nitrogens with one attached hydrogen (secondary N) is 2. The van der Waals surface area contributed by atoms with E-state index in [4.69, 9.17) is 23.8 Å². The van der Waals surface area contributed by atoms with Crippen molar-refractivity contribution in [2.45, 2.75) is 6.92 Å². The number of hydrogen-bond acceptors (Lipinski definition) is 3. The van der Waals surface area contributed by atoms with Gasteiger partial charge in [-0.1, -0.05) is 33.6 Å². The van der Waals surface area contributed by atoms with Crippen LogP contribution >= 0.6 is 39.7 Å². The lowest BCUT2D eigenvalue weighted by Crippen LogP contribution is -2.34. The van der Waals surface area contributed by atoms with Crippen LogP contribution < -0.4 is 10.6 Å². The normalized spacial score (nSPS) is 10.1. The molecule has 2 aromatic carbocycles. The van der Waals surface area contributed by atoms with Gasteiger partial charge in [-0.2, -0.15) is 0 Å². The van der Waals surface area contributed by atoms with Crippen LogP contribution in [0.1, 0.15) is 26.3 Å². The van der Waals surface area contributed by atoms with Crippen molar-refractivity contribution < 1.29 is 14.7 Å². The molecule has 0 bridgehead atoms. The van der Waals surface area contributed by atoms with Crippen LogP contribution in [0.15, 0.2) is 40.9 Å². The second-order valence-corrected chi connectivity index (χ2v) is 6.62. The molecule has 0 aromatic heterocycles. The van der Waals surface area contributed by atoms with Gasteiger partial charge in [-0.3, -0.25) is 10.1 Å². The Labute approximate surface area is 157 Å². The number of halogens is 2. The molecule has 0 heterocycles. The lowest BCUT2D eigenvalue weighted by molar-refractivity contribution is 0.0697. The number of thiocarbonyl (C=S) groups is 1. The minimum absolute atomic E-state index is 0.0225. The number of carboxylic acids is 1. The molecule has 2 aromatic rings. The Kier molecular flexibility index (Phi) is 5.93. The van der Waals surface area contributed by atoms with Crippen LogP contribution in [0.5, 0.6) is 0 Å². The molecule has 8 heteroatoms. The molecule has 0 spiro atoms. The molecule has 2 rings (SSSR count). The summed E-state index contributed by atoms with van der Waals surface area (Å²) in [5.74, 6) is -1.60. The number of benzene rings is 2. The molecule has 0 saturated heterocycles. The first kappa shape index (κ1) is 18.4. The quantitative estimate of drug-likeness (QED) is 0.639. The number of carbonyl (C=O) groups excluding carboxylic acids is 1.